The van der Waals surface area contributed by atoms with Crippen LogP contribution in [0.25, 0.3) is 0 Å². The Hall–Kier alpha value is -4.80. The normalized spacial score (nSPS) is 9.84. The monoisotopic (exact) mass is 782 g/mol. The third-order valence-electron chi connectivity index (χ3n) is 8.75. The van der Waals surface area contributed by atoms with Gasteiger partial charge in [-0.15, -0.1) is 0 Å². The molecule has 56 heavy (non-hydrogen) atoms. The van der Waals surface area contributed by atoms with Crippen LogP contribution in [0.5, 0.6) is 5.75 Å². The van der Waals surface area contributed by atoms with E-state index in [1.165, 1.54) is 51.9 Å². The average Bonchev–Trinajstić information content (AvgIpc) is 3.15. The van der Waals surface area contributed by atoms with E-state index < -0.39 is 5.82 Å². The van der Waals surface area contributed by atoms with Gasteiger partial charge >= 0.3 is 0 Å². The van der Waals surface area contributed by atoms with Gasteiger partial charge in [0, 0.05) is 0 Å². The molecule has 0 saturated heterocycles. The van der Waals surface area contributed by atoms with Crippen molar-refractivity contribution in [1.82, 2.24) is 0 Å². The van der Waals surface area contributed by atoms with Gasteiger partial charge in [0.25, 0.3) is 0 Å². The van der Waals surface area contributed by atoms with E-state index in [0.29, 0.717) is 28.0 Å². The first kappa shape index (κ1) is 49.2. The van der Waals surface area contributed by atoms with Crippen molar-refractivity contribution in [1.29, 1.82) is 0 Å². The predicted molar refractivity (Wildman–Crippen MR) is 236 cm³/mol. The Kier molecular flexibility index (Phi) is 23.0. The molecular weight excluding hydrogens is 721 g/mol. The van der Waals surface area contributed by atoms with E-state index in [1.807, 2.05) is 31.2 Å². The number of halogens is 4. The molecule has 0 bridgehead atoms. The molecule has 0 amide bonds. The van der Waals surface area contributed by atoms with Crippen molar-refractivity contribution >= 4 is 11.6 Å². The molecule has 300 valence electrons. The molecule has 6 rings (SSSR count). The van der Waals surface area contributed by atoms with Crippen LogP contribution in [0, 0.1) is 72.8 Å². The summed E-state index contributed by atoms with van der Waals surface area (Å²) in [7, 11) is 1.61. The van der Waals surface area contributed by atoms with E-state index in [1.54, 1.807) is 26.2 Å². The number of methoxy groups -OCH3 is 1. The van der Waals surface area contributed by atoms with Crippen LogP contribution in [0.4, 0.5) is 13.2 Å². The number of ether oxygens (including phenoxy) is 1. The molecule has 0 aliphatic heterocycles. The number of hydrogen-bond acceptors (Lipinski definition) is 1. The fourth-order valence-electron chi connectivity index (χ4n) is 5.09. The molecule has 6 aromatic carbocycles. The van der Waals surface area contributed by atoms with Crippen molar-refractivity contribution in [2.75, 3.05) is 7.11 Å². The van der Waals surface area contributed by atoms with Crippen LogP contribution in [0.3, 0.4) is 0 Å². The van der Waals surface area contributed by atoms with Gasteiger partial charge in [0.2, 0.25) is 0 Å². The Morgan fingerprint density at radius 2 is 1.00 bits per heavy atom. The van der Waals surface area contributed by atoms with Crippen molar-refractivity contribution in [3.8, 4) is 5.75 Å². The smallest absolute Gasteiger partial charge is 0.137 e. The average molecular weight is 784 g/mol. The van der Waals surface area contributed by atoms with Gasteiger partial charge in [-0.3, -0.25) is 0 Å². The highest BCUT2D eigenvalue weighted by atomic mass is 35.5. The quantitative estimate of drug-likeness (QED) is 0.174. The van der Waals surface area contributed by atoms with E-state index in [4.69, 9.17) is 16.3 Å². The second-order valence-corrected chi connectivity index (χ2v) is 14.8. The van der Waals surface area contributed by atoms with Gasteiger partial charge in [-0.25, -0.2) is 13.2 Å². The predicted octanol–water partition coefficient (Wildman–Crippen LogP) is 15.9. The Bertz CT molecular complexity index is 1960. The summed E-state index contributed by atoms with van der Waals surface area (Å²) in [6.07, 6.45) is 0. The van der Waals surface area contributed by atoms with Crippen LogP contribution < -0.4 is 4.74 Å². The van der Waals surface area contributed by atoms with E-state index >= 15 is 0 Å². The summed E-state index contributed by atoms with van der Waals surface area (Å²) in [5.74, 6) is 1.15. The summed E-state index contributed by atoms with van der Waals surface area (Å²) in [5, 5.41) is 0.699. The third-order valence-corrected chi connectivity index (χ3v) is 9.24. The van der Waals surface area contributed by atoms with Gasteiger partial charge in [-0.2, -0.15) is 0 Å². The molecule has 0 heterocycles. The topological polar surface area (TPSA) is 9.23 Å². The van der Waals surface area contributed by atoms with E-state index in [9.17, 15) is 13.2 Å². The summed E-state index contributed by atoms with van der Waals surface area (Å²) in [5.41, 5.74) is 11.8. The SMILES string of the molecule is COc1cccc(C)c1Cl.Cc1cc(F)ccc1F.Cc1ccc(C)c(C)c1.Cc1cccc(C(C)C)c1.Cc1ccccc1C(C)C.Cc1ccccc1F. The Labute approximate surface area is 341 Å². The zero-order valence-electron chi connectivity index (χ0n) is 35.7. The molecule has 0 N–H and O–H groups in total. The fraction of sp³-hybridized carbons (Fsp3) is 0.294. The first-order valence-electron chi connectivity index (χ1n) is 19.0. The molecular formula is C51H62ClF3O. The van der Waals surface area contributed by atoms with E-state index in [0.717, 1.165) is 29.5 Å². The van der Waals surface area contributed by atoms with Crippen LogP contribution >= 0.6 is 11.6 Å². The van der Waals surface area contributed by atoms with Crippen molar-refractivity contribution in [2.24, 2.45) is 0 Å². The Balaban J connectivity index is 0.000000337. The number of rotatable bonds is 3. The lowest BCUT2D eigenvalue weighted by atomic mass is 9.99. The van der Waals surface area contributed by atoms with Gasteiger partial charge in [0.05, 0.1) is 12.1 Å². The summed E-state index contributed by atoms with van der Waals surface area (Å²) >= 11 is 5.87. The molecule has 6 aromatic rings. The summed E-state index contributed by atoms with van der Waals surface area (Å²) in [4.78, 5) is 0. The van der Waals surface area contributed by atoms with E-state index in [-0.39, 0.29) is 11.6 Å². The summed E-state index contributed by atoms with van der Waals surface area (Å²) in [6, 6.07) is 39.5. The largest absolute Gasteiger partial charge is 0.495 e. The molecule has 0 aliphatic carbocycles. The molecule has 0 aliphatic rings. The van der Waals surface area contributed by atoms with Crippen LogP contribution in [-0.4, -0.2) is 7.11 Å². The number of benzene rings is 6. The molecule has 0 radical (unpaired) electrons. The minimum atomic E-state index is -0.395. The minimum Gasteiger partial charge on any atom is -0.495 e. The number of hydrogen-bond donors (Lipinski definition) is 0. The molecule has 0 fully saturated rings. The molecule has 0 spiro atoms. The zero-order chi connectivity index (χ0) is 42.4. The van der Waals surface area contributed by atoms with Crippen LogP contribution in [0.15, 0.2) is 127 Å². The highest BCUT2D eigenvalue weighted by molar-refractivity contribution is 6.32. The van der Waals surface area contributed by atoms with Gasteiger partial charge in [0.15, 0.2) is 0 Å². The lowest BCUT2D eigenvalue weighted by molar-refractivity contribution is 0.414. The molecule has 1 nitrogen and oxygen atoms in total. The van der Waals surface area contributed by atoms with Crippen molar-refractivity contribution in [3.05, 3.63) is 206 Å². The summed E-state index contributed by atoms with van der Waals surface area (Å²) in [6.45, 7) is 24.8. The van der Waals surface area contributed by atoms with E-state index in [2.05, 4.69) is 129 Å². The van der Waals surface area contributed by atoms with Crippen LogP contribution in [0.2, 0.25) is 5.02 Å². The van der Waals surface area contributed by atoms with Crippen molar-refractivity contribution in [3.63, 3.8) is 0 Å². The Morgan fingerprint density at radius 1 is 0.446 bits per heavy atom. The van der Waals surface area contributed by atoms with Gasteiger partial charge < -0.3 is 4.74 Å². The molecule has 5 heteroatoms. The highest BCUT2D eigenvalue weighted by Gasteiger charge is 2.01. The zero-order valence-corrected chi connectivity index (χ0v) is 36.5. The van der Waals surface area contributed by atoms with Gasteiger partial charge in [0.1, 0.15) is 23.2 Å². The first-order valence-corrected chi connectivity index (χ1v) is 19.3. The van der Waals surface area contributed by atoms with Crippen LogP contribution in [-0.2, 0) is 0 Å². The molecule has 0 saturated carbocycles. The maximum atomic E-state index is 12.3. The molecule has 0 aromatic heterocycles. The van der Waals surface area contributed by atoms with Crippen molar-refractivity contribution < 1.29 is 17.9 Å². The standard InChI is InChI=1S/2C10H14.C9H12.C8H9ClO.C7H6F2.C7H7F/c1-8(2)10-6-4-5-9(3)7-10;1-8(2)10-7-5-4-6-9(10)3;1-7-4-5-8(2)9(3)6-7;1-6-4-3-5-7(10-2)8(6)9;1-5-4-6(8)2-3-7(5)9;1-6-4-2-3-5-7(6)8/h2*4-8H,1-3H3;4-6H,1-3H3;3-5H,1-2H3;2-4H,1H3;2-5H,1H3. The number of aryl methyl sites for hydroxylation is 8. The lowest BCUT2D eigenvalue weighted by Crippen LogP contribution is -1.89. The first-order chi connectivity index (χ1) is 26.4. The summed E-state index contributed by atoms with van der Waals surface area (Å²) < 4.78 is 41.8. The maximum absolute atomic E-state index is 12.3. The highest BCUT2D eigenvalue weighted by Crippen LogP contribution is 2.26. The maximum Gasteiger partial charge on any atom is 0.137 e. The lowest BCUT2D eigenvalue weighted by Gasteiger charge is -2.07. The molecule has 0 atom stereocenters. The van der Waals surface area contributed by atoms with Crippen LogP contribution in [0.1, 0.15) is 95.2 Å². The third kappa shape index (κ3) is 19.2. The Morgan fingerprint density at radius 3 is 1.41 bits per heavy atom. The minimum absolute atomic E-state index is 0.132. The fourth-order valence-corrected chi connectivity index (χ4v) is 5.30. The van der Waals surface area contributed by atoms with Crippen molar-refractivity contribution in [2.45, 2.75) is 94.9 Å². The van der Waals surface area contributed by atoms with Gasteiger partial charge in [-0.05, 0) is 142 Å². The van der Waals surface area contributed by atoms with Gasteiger partial charge in [-0.1, -0.05) is 147 Å². The second kappa shape index (κ2) is 26.1. The molecule has 0 unspecified atom stereocenters. The second-order valence-electron chi connectivity index (χ2n) is 14.4.